The van der Waals surface area contributed by atoms with E-state index in [9.17, 15) is 0 Å². The molecule has 0 amide bonds. The summed E-state index contributed by atoms with van der Waals surface area (Å²) in [7, 11) is 0. The maximum Gasteiger partial charge on any atom is 0.0294 e. The molecule has 2 aromatic carbocycles. The summed E-state index contributed by atoms with van der Waals surface area (Å²) < 4.78 is 0. The van der Waals surface area contributed by atoms with Gasteiger partial charge >= 0.3 is 0 Å². The molecule has 0 aliphatic rings. The van der Waals surface area contributed by atoms with Crippen molar-refractivity contribution in [3.63, 3.8) is 0 Å². The third kappa shape index (κ3) is 4.12. The lowest BCUT2D eigenvalue weighted by atomic mass is 10.1. The van der Waals surface area contributed by atoms with Gasteiger partial charge in [0.2, 0.25) is 0 Å². The van der Waals surface area contributed by atoms with Crippen molar-refractivity contribution in [2.45, 2.75) is 31.3 Å². The number of thioether (sulfide) groups is 1. The molecule has 1 unspecified atom stereocenters. The van der Waals surface area contributed by atoms with Gasteiger partial charge in [-0.1, -0.05) is 42.0 Å². The smallest absolute Gasteiger partial charge is 0.0294 e. The van der Waals surface area contributed by atoms with Crippen LogP contribution in [0.25, 0.3) is 0 Å². The highest BCUT2D eigenvalue weighted by molar-refractivity contribution is 7.98. The van der Waals surface area contributed by atoms with Crippen molar-refractivity contribution in [1.29, 1.82) is 0 Å². The Hall–Kier alpha value is -1.25. The Kier molecular flexibility index (Phi) is 5.06. The van der Waals surface area contributed by atoms with Crippen LogP contribution in [-0.2, 0) is 6.54 Å². The van der Waals surface area contributed by atoms with E-state index < -0.39 is 0 Å². The van der Waals surface area contributed by atoms with Crippen molar-refractivity contribution in [2.24, 2.45) is 0 Å². The van der Waals surface area contributed by atoms with E-state index in [-0.39, 0.29) is 0 Å². The topological polar surface area (TPSA) is 12.0 Å². The van der Waals surface area contributed by atoms with Gasteiger partial charge < -0.3 is 5.32 Å². The molecule has 100 valence electrons. The highest BCUT2D eigenvalue weighted by Gasteiger charge is 2.04. The van der Waals surface area contributed by atoms with E-state index in [0.29, 0.717) is 6.04 Å². The predicted molar refractivity (Wildman–Crippen MR) is 84.7 cm³/mol. The number of hydrogen-bond acceptors (Lipinski definition) is 2. The first kappa shape index (κ1) is 14.2. The Labute approximate surface area is 120 Å². The average molecular weight is 271 g/mol. The van der Waals surface area contributed by atoms with E-state index in [2.05, 4.69) is 74.0 Å². The van der Waals surface area contributed by atoms with Crippen molar-refractivity contribution in [3.05, 3.63) is 65.2 Å². The molecule has 2 aromatic rings. The van der Waals surface area contributed by atoms with Crippen LogP contribution in [0.3, 0.4) is 0 Å². The monoisotopic (exact) mass is 271 g/mol. The zero-order valence-electron chi connectivity index (χ0n) is 11.8. The Balaban J connectivity index is 1.93. The molecule has 2 rings (SSSR count). The molecule has 1 nitrogen and oxygen atoms in total. The second-order valence-electron chi connectivity index (χ2n) is 4.86. The maximum atomic E-state index is 3.57. The van der Waals surface area contributed by atoms with E-state index in [0.717, 1.165) is 6.54 Å². The first-order valence-corrected chi connectivity index (χ1v) is 7.84. The zero-order chi connectivity index (χ0) is 13.7. The second kappa shape index (κ2) is 6.78. The third-order valence-electron chi connectivity index (χ3n) is 3.35. The normalized spacial score (nSPS) is 12.4. The van der Waals surface area contributed by atoms with Gasteiger partial charge in [0, 0.05) is 17.5 Å². The first-order chi connectivity index (χ1) is 9.19. The van der Waals surface area contributed by atoms with Crippen LogP contribution in [0.5, 0.6) is 0 Å². The maximum absolute atomic E-state index is 3.57. The molecule has 19 heavy (non-hydrogen) atoms. The lowest BCUT2D eigenvalue weighted by Crippen LogP contribution is -2.17. The molecule has 0 aromatic heterocycles. The molecule has 0 heterocycles. The first-order valence-electron chi connectivity index (χ1n) is 6.62. The summed E-state index contributed by atoms with van der Waals surface area (Å²) in [6.07, 6.45) is 2.11. The average Bonchev–Trinajstić information content (AvgIpc) is 2.46. The minimum absolute atomic E-state index is 0.372. The Morgan fingerprint density at radius 3 is 2.21 bits per heavy atom. The molecular formula is C17H21NS. The fourth-order valence-electron chi connectivity index (χ4n) is 1.99. The van der Waals surface area contributed by atoms with Crippen LogP contribution in [0.15, 0.2) is 53.4 Å². The molecule has 0 bridgehead atoms. The van der Waals surface area contributed by atoms with Gasteiger partial charge in [-0.3, -0.25) is 0 Å². The molecule has 1 atom stereocenters. The van der Waals surface area contributed by atoms with Gasteiger partial charge in [-0.15, -0.1) is 11.8 Å². The fourth-order valence-corrected chi connectivity index (χ4v) is 2.40. The zero-order valence-corrected chi connectivity index (χ0v) is 12.6. The summed E-state index contributed by atoms with van der Waals surface area (Å²) in [4.78, 5) is 1.31. The van der Waals surface area contributed by atoms with Gasteiger partial charge in [0.25, 0.3) is 0 Å². The number of rotatable bonds is 5. The molecule has 0 aliphatic heterocycles. The molecule has 0 spiro atoms. The van der Waals surface area contributed by atoms with E-state index in [4.69, 9.17) is 0 Å². The van der Waals surface area contributed by atoms with Gasteiger partial charge in [0.15, 0.2) is 0 Å². The van der Waals surface area contributed by atoms with Crippen LogP contribution in [0, 0.1) is 6.92 Å². The van der Waals surface area contributed by atoms with Crippen molar-refractivity contribution >= 4 is 11.8 Å². The standard InChI is InChI=1S/C17H21NS/c1-13-4-6-15(7-5-13)12-18-14(2)16-8-10-17(19-3)11-9-16/h4-11,14,18H,12H2,1-3H3. The molecule has 0 saturated heterocycles. The number of hydrogen-bond donors (Lipinski definition) is 1. The van der Waals surface area contributed by atoms with Gasteiger partial charge in [-0.05, 0) is 43.4 Å². The quantitative estimate of drug-likeness (QED) is 0.800. The fraction of sp³-hybridized carbons (Fsp3) is 0.294. The SMILES string of the molecule is CSc1ccc(C(C)NCc2ccc(C)cc2)cc1. The van der Waals surface area contributed by atoms with Crippen molar-refractivity contribution in [1.82, 2.24) is 5.32 Å². The lowest BCUT2D eigenvalue weighted by molar-refractivity contribution is 0.574. The van der Waals surface area contributed by atoms with Gasteiger partial charge in [0.05, 0.1) is 0 Å². The summed E-state index contributed by atoms with van der Waals surface area (Å²) in [5.74, 6) is 0. The van der Waals surface area contributed by atoms with E-state index in [1.54, 1.807) is 11.8 Å². The second-order valence-corrected chi connectivity index (χ2v) is 5.74. The molecule has 2 heteroatoms. The van der Waals surface area contributed by atoms with Gasteiger partial charge in [-0.2, -0.15) is 0 Å². The summed E-state index contributed by atoms with van der Waals surface area (Å²) in [6, 6.07) is 17.9. The molecular weight excluding hydrogens is 250 g/mol. The summed E-state index contributed by atoms with van der Waals surface area (Å²) in [5.41, 5.74) is 3.98. The largest absolute Gasteiger partial charge is 0.306 e. The van der Waals surface area contributed by atoms with Crippen LogP contribution < -0.4 is 5.32 Å². The number of nitrogens with one attached hydrogen (secondary N) is 1. The van der Waals surface area contributed by atoms with E-state index in [1.807, 2.05) is 0 Å². The number of aryl methyl sites for hydroxylation is 1. The van der Waals surface area contributed by atoms with Crippen LogP contribution in [0.1, 0.15) is 29.7 Å². The molecule has 0 saturated carbocycles. The Morgan fingerprint density at radius 1 is 1.00 bits per heavy atom. The Morgan fingerprint density at radius 2 is 1.63 bits per heavy atom. The highest BCUT2D eigenvalue weighted by atomic mass is 32.2. The minimum atomic E-state index is 0.372. The Bertz CT molecular complexity index is 502. The van der Waals surface area contributed by atoms with Crippen LogP contribution in [0.4, 0.5) is 0 Å². The van der Waals surface area contributed by atoms with Crippen molar-refractivity contribution < 1.29 is 0 Å². The van der Waals surface area contributed by atoms with E-state index >= 15 is 0 Å². The van der Waals surface area contributed by atoms with Crippen LogP contribution in [0.2, 0.25) is 0 Å². The van der Waals surface area contributed by atoms with Crippen molar-refractivity contribution in [2.75, 3.05) is 6.26 Å². The highest BCUT2D eigenvalue weighted by Crippen LogP contribution is 2.19. The number of benzene rings is 2. The molecule has 0 radical (unpaired) electrons. The summed E-state index contributed by atoms with van der Waals surface area (Å²) >= 11 is 1.78. The minimum Gasteiger partial charge on any atom is -0.306 e. The molecule has 0 fully saturated rings. The van der Waals surface area contributed by atoms with E-state index in [1.165, 1.54) is 21.6 Å². The molecule has 1 N–H and O–H groups in total. The van der Waals surface area contributed by atoms with Crippen LogP contribution >= 0.6 is 11.8 Å². The summed E-state index contributed by atoms with van der Waals surface area (Å²) in [6.45, 7) is 5.24. The molecule has 0 aliphatic carbocycles. The third-order valence-corrected chi connectivity index (χ3v) is 4.09. The van der Waals surface area contributed by atoms with Gasteiger partial charge in [-0.25, -0.2) is 0 Å². The van der Waals surface area contributed by atoms with Crippen LogP contribution in [-0.4, -0.2) is 6.26 Å². The lowest BCUT2D eigenvalue weighted by Gasteiger charge is -2.15. The van der Waals surface area contributed by atoms with Crippen molar-refractivity contribution in [3.8, 4) is 0 Å². The predicted octanol–water partition coefficient (Wildman–Crippen LogP) is 4.57. The van der Waals surface area contributed by atoms with Gasteiger partial charge in [0.1, 0.15) is 0 Å². The summed E-state index contributed by atoms with van der Waals surface area (Å²) in [5, 5.41) is 3.57.